The standard InChI is InChI=1S/C21H26N4O3/c1-14-5-4-6-17(11-14)13-22-21(27)19-15(2)12-18(24-20(19)23-16(3)26)25-7-9-28-10-8-25/h4-6,11-12H,7-10,13H2,1-3H3,(H,22,27)(H,23,24,26). The van der Waals surface area contributed by atoms with Gasteiger partial charge >= 0.3 is 0 Å². The molecule has 2 N–H and O–H groups in total. The van der Waals surface area contributed by atoms with Crippen LogP contribution in [0.25, 0.3) is 0 Å². The summed E-state index contributed by atoms with van der Waals surface area (Å²) in [7, 11) is 0. The summed E-state index contributed by atoms with van der Waals surface area (Å²) < 4.78 is 5.39. The number of nitrogens with one attached hydrogen (secondary N) is 2. The topological polar surface area (TPSA) is 83.6 Å². The van der Waals surface area contributed by atoms with Crippen molar-refractivity contribution >= 4 is 23.5 Å². The molecule has 7 heteroatoms. The van der Waals surface area contributed by atoms with E-state index in [4.69, 9.17) is 4.74 Å². The molecule has 148 valence electrons. The van der Waals surface area contributed by atoms with Gasteiger partial charge in [0.25, 0.3) is 5.91 Å². The van der Waals surface area contributed by atoms with E-state index in [0.717, 1.165) is 35.6 Å². The zero-order valence-corrected chi connectivity index (χ0v) is 16.5. The summed E-state index contributed by atoms with van der Waals surface area (Å²) in [5.74, 6) is 0.498. The van der Waals surface area contributed by atoms with E-state index in [1.807, 2.05) is 44.2 Å². The molecule has 1 aromatic carbocycles. The highest BCUT2D eigenvalue weighted by atomic mass is 16.5. The summed E-state index contributed by atoms with van der Waals surface area (Å²) in [5.41, 5.74) is 3.31. The van der Waals surface area contributed by atoms with Gasteiger partial charge in [-0.2, -0.15) is 0 Å². The number of hydrogen-bond donors (Lipinski definition) is 2. The van der Waals surface area contributed by atoms with Crippen LogP contribution in [-0.2, 0) is 16.1 Å². The van der Waals surface area contributed by atoms with Crippen molar-refractivity contribution in [3.8, 4) is 0 Å². The van der Waals surface area contributed by atoms with Gasteiger partial charge in [-0.15, -0.1) is 0 Å². The molecule has 0 spiro atoms. The predicted octanol–water partition coefficient (Wildman–Crippen LogP) is 2.42. The number of morpholine rings is 1. The molecule has 0 atom stereocenters. The van der Waals surface area contributed by atoms with E-state index in [1.165, 1.54) is 6.92 Å². The van der Waals surface area contributed by atoms with E-state index in [2.05, 4.69) is 20.5 Å². The second kappa shape index (κ2) is 8.84. The predicted molar refractivity (Wildman–Crippen MR) is 109 cm³/mol. The maximum Gasteiger partial charge on any atom is 0.255 e. The highest BCUT2D eigenvalue weighted by Crippen LogP contribution is 2.24. The minimum absolute atomic E-state index is 0.260. The number of carbonyl (C=O) groups is 2. The van der Waals surface area contributed by atoms with E-state index in [-0.39, 0.29) is 17.6 Å². The van der Waals surface area contributed by atoms with E-state index >= 15 is 0 Å². The fourth-order valence-corrected chi connectivity index (χ4v) is 3.25. The van der Waals surface area contributed by atoms with Crippen LogP contribution in [0.5, 0.6) is 0 Å². The Morgan fingerprint density at radius 2 is 1.93 bits per heavy atom. The Hall–Kier alpha value is -2.93. The average Bonchev–Trinajstić information content (AvgIpc) is 2.66. The van der Waals surface area contributed by atoms with E-state index in [0.29, 0.717) is 25.3 Å². The maximum absolute atomic E-state index is 12.9. The number of carbonyl (C=O) groups excluding carboxylic acids is 2. The lowest BCUT2D eigenvalue weighted by Gasteiger charge is -2.29. The Morgan fingerprint density at radius 3 is 2.61 bits per heavy atom. The van der Waals surface area contributed by atoms with E-state index in [1.54, 1.807) is 0 Å². The number of benzene rings is 1. The van der Waals surface area contributed by atoms with Crippen LogP contribution in [0.3, 0.4) is 0 Å². The number of amides is 2. The third-order valence-electron chi connectivity index (χ3n) is 4.60. The fraction of sp³-hybridized carbons (Fsp3) is 0.381. The highest BCUT2D eigenvalue weighted by Gasteiger charge is 2.21. The van der Waals surface area contributed by atoms with Gasteiger partial charge < -0.3 is 20.3 Å². The molecule has 2 heterocycles. The molecule has 0 bridgehead atoms. The average molecular weight is 382 g/mol. The Kier molecular flexibility index (Phi) is 6.26. The second-order valence-electron chi connectivity index (χ2n) is 6.97. The first kappa shape index (κ1) is 19.8. The number of aryl methyl sites for hydroxylation is 2. The van der Waals surface area contributed by atoms with E-state index < -0.39 is 0 Å². The largest absolute Gasteiger partial charge is 0.378 e. The Morgan fingerprint density at radius 1 is 1.18 bits per heavy atom. The van der Waals surface area contributed by atoms with Crippen molar-refractivity contribution in [3.63, 3.8) is 0 Å². The van der Waals surface area contributed by atoms with Gasteiger partial charge in [-0.05, 0) is 31.0 Å². The van der Waals surface area contributed by atoms with Gasteiger partial charge in [-0.1, -0.05) is 29.8 Å². The van der Waals surface area contributed by atoms with Gasteiger partial charge in [0.05, 0.1) is 18.8 Å². The summed E-state index contributed by atoms with van der Waals surface area (Å²) in [6.45, 7) is 8.41. The van der Waals surface area contributed by atoms with Crippen LogP contribution in [0.2, 0.25) is 0 Å². The summed E-state index contributed by atoms with van der Waals surface area (Å²) in [6, 6.07) is 9.86. The Balaban J connectivity index is 1.85. The summed E-state index contributed by atoms with van der Waals surface area (Å²) >= 11 is 0. The van der Waals surface area contributed by atoms with Crippen LogP contribution in [0.15, 0.2) is 30.3 Å². The first-order valence-corrected chi connectivity index (χ1v) is 9.39. The van der Waals surface area contributed by atoms with Crippen LogP contribution in [0.4, 0.5) is 11.6 Å². The zero-order valence-electron chi connectivity index (χ0n) is 16.5. The summed E-state index contributed by atoms with van der Waals surface area (Å²) in [6.07, 6.45) is 0. The molecule has 1 aromatic heterocycles. The van der Waals surface area contributed by atoms with Gasteiger partial charge in [0, 0.05) is 26.6 Å². The zero-order chi connectivity index (χ0) is 20.1. The van der Waals surface area contributed by atoms with Crippen LogP contribution in [0.1, 0.15) is 34.0 Å². The number of anilines is 2. The minimum atomic E-state index is -0.265. The van der Waals surface area contributed by atoms with Crippen molar-refractivity contribution < 1.29 is 14.3 Å². The molecule has 28 heavy (non-hydrogen) atoms. The fourth-order valence-electron chi connectivity index (χ4n) is 3.25. The molecule has 2 aromatic rings. The van der Waals surface area contributed by atoms with Crippen LogP contribution < -0.4 is 15.5 Å². The van der Waals surface area contributed by atoms with Crippen molar-refractivity contribution in [2.24, 2.45) is 0 Å². The lowest BCUT2D eigenvalue weighted by Crippen LogP contribution is -2.37. The number of aromatic nitrogens is 1. The minimum Gasteiger partial charge on any atom is -0.378 e. The van der Waals surface area contributed by atoms with Gasteiger partial charge in [0.2, 0.25) is 5.91 Å². The SMILES string of the molecule is CC(=O)Nc1nc(N2CCOCC2)cc(C)c1C(=O)NCc1cccc(C)c1. The molecular formula is C21H26N4O3. The summed E-state index contributed by atoms with van der Waals surface area (Å²) in [5, 5.41) is 5.65. The molecule has 1 aliphatic heterocycles. The van der Waals surface area contributed by atoms with Crippen molar-refractivity contribution in [1.82, 2.24) is 10.3 Å². The molecule has 1 aliphatic rings. The van der Waals surface area contributed by atoms with Gasteiger partial charge in [0.1, 0.15) is 11.6 Å². The number of pyridine rings is 1. The molecule has 7 nitrogen and oxygen atoms in total. The lowest BCUT2D eigenvalue weighted by atomic mass is 10.1. The number of nitrogens with zero attached hydrogens (tertiary/aromatic N) is 2. The van der Waals surface area contributed by atoms with Crippen molar-refractivity contribution in [2.45, 2.75) is 27.3 Å². The normalized spacial score (nSPS) is 13.9. The molecule has 0 radical (unpaired) electrons. The molecule has 0 saturated carbocycles. The lowest BCUT2D eigenvalue weighted by molar-refractivity contribution is -0.114. The molecule has 2 amide bonds. The quantitative estimate of drug-likeness (QED) is 0.830. The van der Waals surface area contributed by atoms with Crippen LogP contribution in [-0.4, -0.2) is 43.1 Å². The first-order valence-electron chi connectivity index (χ1n) is 9.39. The molecule has 1 fully saturated rings. The van der Waals surface area contributed by atoms with Gasteiger partial charge in [0.15, 0.2) is 0 Å². The van der Waals surface area contributed by atoms with Crippen molar-refractivity contribution in [1.29, 1.82) is 0 Å². The molecule has 0 unspecified atom stereocenters. The molecule has 1 saturated heterocycles. The third kappa shape index (κ3) is 4.86. The third-order valence-corrected chi connectivity index (χ3v) is 4.60. The molecule has 0 aliphatic carbocycles. The maximum atomic E-state index is 12.9. The Bertz CT molecular complexity index is 876. The smallest absolute Gasteiger partial charge is 0.255 e. The second-order valence-corrected chi connectivity index (χ2v) is 6.97. The van der Waals surface area contributed by atoms with Crippen molar-refractivity contribution in [3.05, 3.63) is 52.6 Å². The number of rotatable bonds is 5. The Labute approximate surface area is 165 Å². The number of ether oxygens (including phenoxy) is 1. The first-order chi connectivity index (χ1) is 13.4. The summed E-state index contributed by atoms with van der Waals surface area (Å²) in [4.78, 5) is 31.2. The van der Waals surface area contributed by atoms with Gasteiger partial charge in [-0.3, -0.25) is 9.59 Å². The highest BCUT2D eigenvalue weighted by molar-refractivity contribution is 6.03. The van der Waals surface area contributed by atoms with Crippen LogP contribution in [0, 0.1) is 13.8 Å². The monoisotopic (exact) mass is 382 g/mol. The van der Waals surface area contributed by atoms with E-state index in [9.17, 15) is 9.59 Å². The van der Waals surface area contributed by atoms with Crippen molar-refractivity contribution in [2.75, 3.05) is 36.5 Å². The molecule has 3 rings (SSSR count). The van der Waals surface area contributed by atoms with Crippen LogP contribution >= 0.6 is 0 Å². The molecular weight excluding hydrogens is 356 g/mol. The van der Waals surface area contributed by atoms with Gasteiger partial charge in [-0.25, -0.2) is 4.98 Å². The number of hydrogen-bond acceptors (Lipinski definition) is 5.